The summed E-state index contributed by atoms with van der Waals surface area (Å²) in [5.74, 6) is -0.352. The molecule has 0 spiro atoms. The number of benzene rings is 1. The van der Waals surface area contributed by atoms with Crippen LogP contribution in [0.5, 0.6) is 0 Å². The van der Waals surface area contributed by atoms with E-state index < -0.39 is 15.7 Å². The summed E-state index contributed by atoms with van der Waals surface area (Å²) in [6.45, 7) is 3.94. The lowest BCUT2D eigenvalue weighted by atomic mass is 10.1. The number of amides is 1. The molecule has 0 radical (unpaired) electrons. The van der Waals surface area contributed by atoms with Gasteiger partial charge in [-0.25, -0.2) is 8.42 Å². The Kier molecular flexibility index (Phi) is 4.40. The molecule has 8 heteroatoms. The smallest absolute Gasteiger partial charge is 0.262 e. The third kappa shape index (κ3) is 3.32. The van der Waals surface area contributed by atoms with Gasteiger partial charge in [-0.1, -0.05) is 17.8 Å². The van der Waals surface area contributed by atoms with Crippen molar-refractivity contribution in [1.29, 1.82) is 5.26 Å². The summed E-state index contributed by atoms with van der Waals surface area (Å²) < 4.78 is 24.0. The molecule has 0 saturated carbocycles. The third-order valence-electron chi connectivity index (χ3n) is 4.00. The molecule has 0 aliphatic carbocycles. The fraction of sp³-hybridized carbons (Fsp3) is 0.438. The normalized spacial score (nSPS) is 26.4. The van der Waals surface area contributed by atoms with Crippen molar-refractivity contribution in [3.63, 3.8) is 0 Å². The van der Waals surface area contributed by atoms with Crippen molar-refractivity contribution in [2.45, 2.75) is 31.6 Å². The Morgan fingerprint density at radius 1 is 1.33 bits per heavy atom. The molecular formula is C16H17N3O3S2. The molecule has 2 aliphatic heterocycles. The van der Waals surface area contributed by atoms with Crippen LogP contribution >= 0.6 is 11.8 Å². The molecule has 1 aromatic carbocycles. The predicted octanol–water partition coefficient (Wildman–Crippen LogP) is 1.82. The Hall–Kier alpha value is -1.85. The number of thioether (sulfide) groups is 1. The lowest BCUT2D eigenvalue weighted by Crippen LogP contribution is -2.37. The van der Waals surface area contributed by atoms with Gasteiger partial charge in [-0.15, -0.1) is 0 Å². The van der Waals surface area contributed by atoms with E-state index in [-0.39, 0.29) is 29.2 Å². The molecule has 2 heterocycles. The van der Waals surface area contributed by atoms with Gasteiger partial charge in [-0.2, -0.15) is 10.3 Å². The number of fused-ring (bicyclic) bond motifs is 1. The van der Waals surface area contributed by atoms with Crippen LogP contribution in [0.2, 0.25) is 0 Å². The third-order valence-corrected chi connectivity index (χ3v) is 7.21. The number of carbonyl (C=O) groups excluding carboxylic acids is 1. The molecule has 2 saturated heterocycles. The monoisotopic (exact) mass is 363 g/mol. The highest BCUT2D eigenvalue weighted by Crippen LogP contribution is 2.41. The Morgan fingerprint density at radius 2 is 2.00 bits per heavy atom. The van der Waals surface area contributed by atoms with Crippen LogP contribution in [0, 0.1) is 25.2 Å². The Bertz CT molecular complexity index is 851. The highest BCUT2D eigenvalue weighted by molar-refractivity contribution is 8.16. The van der Waals surface area contributed by atoms with Gasteiger partial charge in [-0.3, -0.25) is 4.79 Å². The number of nitriles is 1. The Balaban J connectivity index is 2.04. The first kappa shape index (κ1) is 17.0. The molecule has 0 N–H and O–H groups in total. The van der Waals surface area contributed by atoms with Crippen LogP contribution in [0.15, 0.2) is 23.2 Å². The Morgan fingerprint density at radius 3 is 2.62 bits per heavy atom. The fourth-order valence-corrected chi connectivity index (χ4v) is 7.10. The van der Waals surface area contributed by atoms with Crippen molar-refractivity contribution in [3.8, 4) is 6.07 Å². The van der Waals surface area contributed by atoms with Gasteiger partial charge in [0.2, 0.25) is 0 Å². The van der Waals surface area contributed by atoms with Crippen molar-refractivity contribution in [2.24, 2.45) is 4.99 Å². The van der Waals surface area contributed by atoms with Gasteiger partial charge in [0.05, 0.1) is 23.6 Å². The van der Waals surface area contributed by atoms with Gasteiger partial charge in [0.15, 0.2) is 15.0 Å². The lowest BCUT2D eigenvalue weighted by molar-refractivity contribution is -0.116. The van der Waals surface area contributed by atoms with Gasteiger partial charge in [0.1, 0.15) is 6.42 Å². The molecular weight excluding hydrogens is 346 g/mol. The zero-order valence-corrected chi connectivity index (χ0v) is 15.0. The van der Waals surface area contributed by atoms with E-state index in [2.05, 4.69) is 4.99 Å². The second kappa shape index (κ2) is 6.22. The minimum Gasteiger partial charge on any atom is -0.316 e. The van der Waals surface area contributed by atoms with Gasteiger partial charge in [-0.05, 0) is 37.1 Å². The summed E-state index contributed by atoms with van der Waals surface area (Å²) in [6, 6.07) is 7.53. The molecule has 1 amide bonds. The van der Waals surface area contributed by atoms with Crippen LogP contribution in [-0.4, -0.2) is 42.3 Å². The first-order valence-corrected chi connectivity index (χ1v) is 10.2. The number of hydrogen-bond donors (Lipinski definition) is 0. The molecule has 0 bridgehead atoms. The van der Waals surface area contributed by atoms with Crippen molar-refractivity contribution in [2.75, 3.05) is 16.4 Å². The standard InChI is InChI=1S/C16H17N3O3S2/c1-10-5-11(2)7-12(6-10)19-13-8-24(21,22)9-14(13)23-16(19)18-15(20)3-4-17/h5-7,13-14H,3,8-9H2,1-2H3/t13-,14-/m0/s1. The van der Waals surface area contributed by atoms with Crippen LogP contribution in [0.3, 0.4) is 0 Å². The molecule has 3 rings (SSSR count). The number of anilines is 1. The molecule has 126 valence electrons. The number of hydrogen-bond acceptors (Lipinski definition) is 5. The van der Waals surface area contributed by atoms with Crippen LogP contribution < -0.4 is 4.90 Å². The summed E-state index contributed by atoms with van der Waals surface area (Å²) in [4.78, 5) is 17.7. The van der Waals surface area contributed by atoms with Crippen LogP contribution in [0.1, 0.15) is 17.5 Å². The van der Waals surface area contributed by atoms with Gasteiger partial charge >= 0.3 is 0 Å². The minimum absolute atomic E-state index is 0.0586. The molecule has 2 atom stereocenters. The zero-order chi connectivity index (χ0) is 17.5. The van der Waals surface area contributed by atoms with E-state index in [4.69, 9.17) is 5.26 Å². The molecule has 0 aromatic heterocycles. The maximum absolute atomic E-state index is 12.0. The second-order valence-electron chi connectivity index (χ2n) is 6.14. The second-order valence-corrected chi connectivity index (χ2v) is 9.50. The number of nitrogens with zero attached hydrogens (tertiary/aromatic N) is 3. The van der Waals surface area contributed by atoms with E-state index in [1.165, 1.54) is 11.8 Å². The van der Waals surface area contributed by atoms with Crippen LogP contribution in [-0.2, 0) is 14.6 Å². The highest BCUT2D eigenvalue weighted by Gasteiger charge is 2.49. The molecule has 2 fully saturated rings. The predicted molar refractivity (Wildman–Crippen MR) is 94.9 cm³/mol. The summed E-state index contributed by atoms with van der Waals surface area (Å²) in [7, 11) is -3.08. The van der Waals surface area contributed by atoms with Crippen LogP contribution in [0.4, 0.5) is 5.69 Å². The summed E-state index contributed by atoms with van der Waals surface area (Å²) in [5.41, 5.74) is 2.96. The van der Waals surface area contributed by atoms with Crippen molar-refractivity contribution < 1.29 is 13.2 Å². The Labute approximate surface area is 145 Å². The van der Waals surface area contributed by atoms with Crippen LogP contribution in [0.25, 0.3) is 0 Å². The van der Waals surface area contributed by atoms with E-state index in [9.17, 15) is 13.2 Å². The number of sulfone groups is 1. The van der Waals surface area contributed by atoms with Crippen molar-refractivity contribution in [1.82, 2.24) is 0 Å². The number of rotatable bonds is 2. The summed E-state index contributed by atoms with van der Waals surface area (Å²) >= 11 is 1.32. The minimum atomic E-state index is -3.08. The van der Waals surface area contributed by atoms with E-state index in [0.717, 1.165) is 16.8 Å². The molecule has 0 unspecified atom stereocenters. The van der Waals surface area contributed by atoms with E-state index >= 15 is 0 Å². The largest absolute Gasteiger partial charge is 0.316 e. The van der Waals surface area contributed by atoms with Gasteiger partial charge in [0.25, 0.3) is 5.91 Å². The lowest BCUT2D eigenvalue weighted by Gasteiger charge is -2.25. The number of carbonyl (C=O) groups is 1. The maximum atomic E-state index is 12.0. The number of aryl methyl sites for hydroxylation is 2. The fourth-order valence-electron chi connectivity index (χ4n) is 3.17. The van der Waals surface area contributed by atoms with E-state index in [0.29, 0.717) is 5.17 Å². The van der Waals surface area contributed by atoms with Gasteiger partial charge in [0, 0.05) is 10.9 Å². The zero-order valence-electron chi connectivity index (χ0n) is 13.4. The average Bonchev–Trinajstić information content (AvgIpc) is 2.88. The number of aliphatic imine (C=N–C) groups is 1. The number of amidine groups is 1. The SMILES string of the molecule is Cc1cc(C)cc(N2C(=NC(=O)CC#N)S[C@H]3CS(=O)(=O)C[C@@H]32)c1. The average molecular weight is 363 g/mol. The maximum Gasteiger partial charge on any atom is 0.262 e. The molecule has 1 aromatic rings. The molecule has 6 nitrogen and oxygen atoms in total. The first-order chi connectivity index (χ1) is 11.3. The first-order valence-electron chi connectivity index (χ1n) is 7.52. The quantitative estimate of drug-likeness (QED) is 0.796. The highest BCUT2D eigenvalue weighted by atomic mass is 32.2. The topological polar surface area (TPSA) is 90.6 Å². The van der Waals surface area contributed by atoms with Crippen molar-refractivity contribution in [3.05, 3.63) is 29.3 Å². The van der Waals surface area contributed by atoms with E-state index in [1.807, 2.05) is 36.9 Å². The van der Waals surface area contributed by atoms with E-state index in [1.54, 1.807) is 6.07 Å². The van der Waals surface area contributed by atoms with Crippen molar-refractivity contribution >= 4 is 38.4 Å². The van der Waals surface area contributed by atoms with Gasteiger partial charge < -0.3 is 4.90 Å². The molecule has 24 heavy (non-hydrogen) atoms. The molecule has 2 aliphatic rings. The summed E-state index contributed by atoms with van der Waals surface area (Å²) in [6.07, 6.45) is -0.279. The summed E-state index contributed by atoms with van der Waals surface area (Å²) in [5, 5.41) is 9.01.